The molecule has 0 rings (SSSR count). The molecule has 0 fully saturated rings. The van der Waals surface area contributed by atoms with Crippen molar-refractivity contribution in [2.24, 2.45) is 0 Å². The molecule has 14 heavy (non-hydrogen) atoms. The average Bonchev–Trinajstić information content (AvgIpc) is 2.21. The number of unbranched alkanes of at least 4 members (excludes halogenated alkanes) is 4. The first-order valence-electron chi connectivity index (χ1n) is 5.82. The Morgan fingerprint density at radius 2 is 1.36 bits per heavy atom. The zero-order chi connectivity index (χ0) is 10.5. The van der Waals surface area contributed by atoms with Crippen LogP contribution in [-0.2, 0) is 0 Å². The first-order chi connectivity index (χ1) is 6.91. The van der Waals surface area contributed by atoms with Gasteiger partial charge in [0.2, 0.25) is 0 Å². The fourth-order valence-electron chi connectivity index (χ4n) is 1.21. The summed E-state index contributed by atoms with van der Waals surface area (Å²) in [6.07, 6.45) is 19.6. The second-order valence-corrected chi connectivity index (χ2v) is 3.53. The maximum Gasteiger partial charge on any atom is -0.0316 e. The SMILES string of the molecule is C=CCCC=CCCCC=CCCC. The lowest BCUT2D eigenvalue weighted by Crippen LogP contribution is -1.70. The predicted molar refractivity (Wildman–Crippen MR) is 66.5 cm³/mol. The van der Waals surface area contributed by atoms with Crippen molar-refractivity contribution in [3.63, 3.8) is 0 Å². The number of allylic oxidation sites excluding steroid dienone is 5. The normalized spacial score (nSPS) is 11.5. The predicted octanol–water partition coefficient (Wildman–Crippen LogP) is 5.04. The van der Waals surface area contributed by atoms with Crippen LogP contribution < -0.4 is 0 Å². The minimum Gasteiger partial charge on any atom is -0.103 e. The lowest BCUT2D eigenvalue weighted by Gasteiger charge is -1.90. The van der Waals surface area contributed by atoms with Crippen LogP contribution >= 0.6 is 0 Å². The maximum atomic E-state index is 3.69. The van der Waals surface area contributed by atoms with E-state index < -0.39 is 0 Å². The van der Waals surface area contributed by atoms with Gasteiger partial charge in [-0.2, -0.15) is 0 Å². The third-order valence-corrected chi connectivity index (χ3v) is 2.07. The van der Waals surface area contributed by atoms with E-state index in [1.807, 2.05) is 6.08 Å². The van der Waals surface area contributed by atoms with Crippen molar-refractivity contribution in [3.05, 3.63) is 37.0 Å². The van der Waals surface area contributed by atoms with Crippen LogP contribution in [0.5, 0.6) is 0 Å². The summed E-state index contributed by atoms with van der Waals surface area (Å²) < 4.78 is 0. The maximum absolute atomic E-state index is 3.69. The Bertz CT molecular complexity index is 163. The molecule has 0 amide bonds. The molecule has 0 saturated heterocycles. The fraction of sp³-hybridized carbons (Fsp3) is 0.571. The highest BCUT2D eigenvalue weighted by Crippen LogP contribution is 2.01. The molecule has 0 aromatic carbocycles. The molecule has 0 heteroatoms. The Morgan fingerprint density at radius 1 is 0.786 bits per heavy atom. The first kappa shape index (κ1) is 13.2. The van der Waals surface area contributed by atoms with Crippen molar-refractivity contribution < 1.29 is 0 Å². The summed E-state index contributed by atoms with van der Waals surface area (Å²) in [5, 5.41) is 0. The zero-order valence-corrected chi connectivity index (χ0v) is 9.54. The van der Waals surface area contributed by atoms with E-state index >= 15 is 0 Å². The van der Waals surface area contributed by atoms with Gasteiger partial charge in [-0.3, -0.25) is 0 Å². The highest BCUT2D eigenvalue weighted by atomic mass is 13.9. The minimum atomic E-state index is 1.10. The molecule has 0 aliphatic heterocycles. The monoisotopic (exact) mass is 192 g/mol. The van der Waals surface area contributed by atoms with E-state index in [9.17, 15) is 0 Å². The molecule has 0 bridgehead atoms. The van der Waals surface area contributed by atoms with E-state index in [0.29, 0.717) is 0 Å². The second kappa shape index (κ2) is 12.2. The number of hydrogen-bond donors (Lipinski definition) is 0. The molecule has 0 aromatic heterocycles. The third-order valence-electron chi connectivity index (χ3n) is 2.07. The smallest absolute Gasteiger partial charge is 0.0316 e. The summed E-state index contributed by atoms with van der Waals surface area (Å²) in [5.74, 6) is 0. The Kier molecular flexibility index (Phi) is 11.5. The summed E-state index contributed by atoms with van der Waals surface area (Å²) in [6, 6.07) is 0. The molecule has 0 heterocycles. The van der Waals surface area contributed by atoms with Crippen LogP contribution in [0.15, 0.2) is 37.0 Å². The average molecular weight is 192 g/mol. The topological polar surface area (TPSA) is 0 Å². The van der Waals surface area contributed by atoms with Crippen molar-refractivity contribution >= 4 is 0 Å². The lowest BCUT2D eigenvalue weighted by molar-refractivity contribution is 0.854. The van der Waals surface area contributed by atoms with Crippen LogP contribution in [0.1, 0.15) is 51.9 Å². The van der Waals surface area contributed by atoms with E-state index in [4.69, 9.17) is 0 Å². The van der Waals surface area contributed by atoms with Gasteiger partial charge in [0.25, 0.3) is 0 Å². The van der Waals surface area contributed by atoms with Crippen molar-refractivity contribution in [3.8, 4) is 0 Å². The van der Waals surface area contributed by atoms with Crippen LogP contribution in [-0.4, -0.2) is 0 Å². The van der Waals surface area contributed by atoms with E-state index in [1.54, 1.807) is 0 Å². The van der Waals surface area contributed by atoms with Crippen LogP contribution in [0, 0.1) is 0 Å². The third kappa shape index (κ3) is 11.2. The van der Waals surface area contributed by atoms with Gasteiger partial charge in [-0.05, 0) is 38.5 Å². The Balaban J connectivity index is 3.12. The zero-order valence-electron chi connectivity index (χ0n) is 9.54. The van der Waals surface area contributed by atoms with E-state index in [1.165, 1.54) is 32.1 Å². The van der Waals surface area contributed by atoms with Gasteiger partial charge < -0.3 is 0 Å². The summed E-state index contributed by atoms with van der Waals surface area (Å²) in [6.45, 7) is 5.91. The van der Waals surface area contributed by atoms with Crippen LogP contribution in [0.3, 0.4) is 0 Å². The lowest BCUT2D eigenvalue weighted by atomic mass is 10.2. The van der Waals surface area contributed by atoms with Crippen molar-refractivity contribution in [1.82, 2.24) is 0 Å². The van der Waals surface area contributed by atoms with E-state index in [2.05, 4.69) is 37.8 Å². The summed E-state index contributed by atoms with van der Waals surface area (Å²) in [4.78, 5) is 0. The van der Waals surface area contributed by atoms with E-state index in [-0.39, 0.29) is 0 Å². The fourth-order valence-corrected chi connectivity index (χ4v) is 1.21. The van der Waals surface area contributed by atoms with Crippen molar-refractivity contribution in [2.75, 3.05) is 0 Å². The van der Waals surface area contributed by atoms with Gasteiger partial charge in [0, 0.05) is 0 Å². The second-order valence-electron chi connectivity index (χ2n) is 3.53. The molecular formula is C14H24. The molecule has 80 valence electrons. The molecular weight excluding hydrogens is 168 g/mol. The Labute approximate surface area is 89.4 Å². The Morgan fingerprint density at radius 3 is 1.93 bits per heavy atom. The number of rotatable bonds is 9. The largest absolute Gasteiger partial charge is 0.103 e. The van der Waals surface area contributed by atoms with Gasteiger partial charge in [-0.1, -0.05) is 43.7 Å². The van der Waals surface area contributed by atoms with Gasteiger partial charge in [0.1, 0.15) is 0 Å². The quantitative estimate of drug-likeness (QED) is 0.355. The molecule has 0 unspecified atom stereocenters. The standard InChI is InChI=1S/C14H24/c1-3-5-7-9-11-13-14-12-10-8-6-4-2/h3,8-11H,1,4-7,12-14H2,2H3. The highest BCUT2D eigenvalue weighted by molar-refractivity contribution is 4.86. The van der Waals surface area contributed by atoms with Crippen LogP contribution in [0.25, 0.3) is 0 Å². The first-order valence-corrected chi connectivity index (χ1v) is 5.82. The molecule has 0 aliphatic rings. The summed E-state index contributed by atoms with van der Waals surface area (Å²) >= 11 is 0. The molecule has 0 spiro atoms. The van der Waals surface area contributed by atoms with Crippen molar-refractivity contribution in [1.29, 1.82) is 0 Å². The van der Waals surface area contributed by atoms with Gasteiger partial charge in [0.05, 0.1) is 0 Å². The van der Waals surface area contributed by atoms with Crippen LogP contribution in [0.4, 0.5) is 0 Å². The molecule has 0 N–H and O–H groups in total. The molecule has 0 atom stereocenters. The van der Waals surface area contributed by atoms with Gasteiger partial charge in [-0.25, -0.2) is 0 Å². The Hall–Kier alpha value is -0.780. The summed E-state index contributed by atoms with van der Waals surface area (Å²) in [5.41, 5.74) is 0. The highest BCUT2D eigenvalue weighted by Gasteiger charge is 1.81. The molecule has 0 aromatic rings. The van der Waals surface area contributed by atoms with Crippen LogP contribution in [0.2, 0.25) is 0 Å². The molecule has 0 aliphatic carbocycles. The molecule has 0 radical (unpaired) electrons. The summed E-state index contributed by atoms with van der Waals surface area (Å²) in [7, 11) is 0. The van der Waals surface area contributed by atoms with Crippen molar-refractivity contribution in [2.45, 2.75) is 51.9 Å². The van der Waals surface area contributed by atoms with Gasteiger partial charge in [-0.15, -0.1) is 6.58 Å². The van der Waals surface area contributed by atoms with E-state index in [0.717, 1.165) is 12.8 Å². The number of hydrogen-bond acceptors (Lipinski definition) is 0. The molecule has 0 saturated carbocycles. The van der Waals surface area contributed by atoms with Gasteiger partial charge in [0.15, 0.2) is 0 Å². The molecule has 0 nitrogen and oxygen atoms in total. The minimum absolute atomic E-state index is 1.10. The van der Waals surface area contributed by atoms with Gasteiger partial charge >= 0.3 is 0 Å².